The van der Waals surface area contributed by atoms with Crippen LogP contribution in [-0.4, -0.2) is 37.7 Å². The average Bonchev–Trinajstić information content (AvgIpc) is 2.38. The summed E-state index contributed by atoms with van der Waals surface area (Å²) in [5.74, 6) is 3.20. The standard InChI is InChI=1S/C15H22Cl2N2O/c1-4-9-19(10-5-8-18)11-12-20-15(14(3)17)7-6-13(2)16/h1,6-7H,2,5,8-12,18H2,3H3/b7-6-,15-14-. The maximum Gasteiger partial charge on any atom is 0.133 e. The molecule has 0 saturated carbocycles. The fraction of sp³-hybridized carbons (Fsp3) is 0.467. The van der Waals surface area contributed by atoms with Gasteiger partial charge in [-0.3, -0.25) is 4.90 Å². The molecule has 0 fully saturated rings. The van der Waals surface area contributed by atoms with Crippen LogP contribution in [0.4, 0.5) is 0 Å². The van der Waals surface area contributed by atoms with E-state index < -0.39 is 0 Å². The first-order valence-corrected chi connectivity index (χ1v) is 7.14. The minimum atomic E-state index is 0.418. The lowest BCUT2D eigenvalue weighted by atomic mass is 10.3. The summed E-state index contributed by atoms with van der Waals surface area (Å²) >= 11 is 11.6. The molecule has 112 valence electrons. The third kappa shape index (κ3) is 9.94. The van der Waals surface area contributed by atoms with Gasteiger partial charge in [-0.1, -0.05) is 35.7 Å². The Morgan fingerprint density at radius 3 is 2.60 bits per heavy atom. The Bertz CT molecular complexity index is 393. The fourth-order valence-corrected chi connectivity index (χ4v) is 1.61. The Morgan fingerprint density at radius 2 is 2.10 bits per heavy atom. The highest BCUT2D eigenvalue weighted by Gasteiger charge is 2.04. The van der Waals surface area contributed by atoms with Crippen LogP contribution in [0.15, 0.2) is 34.6 Å². The monoisotopic (exact) mass is 316 g/mol. The first-order valence-electron chi connectivity index (χ1n) is 6.38. The van der Waals surface area contributed by atoms with E-state index >= 15 is 0 Å². The lowest BCUT2D eigenvalue weighted by Gasteiger charge is -2.19. The second kappa shape index (κ2) is 11.9. The van der Waals surface area contributed by atoms with Gasteiger partial charge in [0.2, 0.25) is 0 Å². The molecule has 0 saturated heterocycles. The summed E-state index contributed by atoms with van der Waals surface area (Å²) in [6.07, 6.45) is 9.57. The minimum absolute atomic E-state index is 0.418. The highest BCUT2D eigenvalue weighted by atomic mass is 35.5. The molecule has 5 heteroatoms. The second-order valence-electron chi connectivity index (χ2n) is 4.15. The zero-order valence-electron chi connectivity index (χ0n) is 11.9. The quantitative estimate of drug-likeness (QED) is 0.382. The summed E-state index contributed by atoms with van der Waals surface area (Å²) in [5, 5.41) is 0.977. The summed E-state index contributed by atoms with van der Waals surface area (Å²) in [6, 6.07) is 0. The van der Waals surface area contributed by atoms with Crippen LogP contribution in [0.2, 0.25) is 0 Å². The molecule has 0 heterocycles. The van der Waals surface area contributed by atoms with Gasteiger partial charge in [-0.05, 0) is 32.0 Å². The molecule has 0 atom stereocenters. The van der Waals surface area contributed by atoms with E-state index in [4.69, 9.17) is 40.1 Å². The van der Waals surface area contributed by atoms with E-state index in [1.807, 2.05) is 0 Å². The summed E-state index contributed by atoms with van der Waals surface area (Å²) in [7, 11) is 0. The molecule has 20 heavy (non-hydrogen) atoms. The summed E-state index contributed by atoms with van der Waals surface area (Å²) in [5.41, 5.74) is 5.49. The van der Waals surface area contributed by atoms with Gasteiger partial charge in [-0.15, -0.1) is 6.42 Å². The molecular formula is C15H22Cl2N2O. The molecule has 0 bridgehead atoms. The van der Waals surface area contributed by atoms with Crippen LogP contribution >= 0.6 is 23.2 Å². The van der Waals surface area contributed by atoms with Crippen molar-refractivity contribution >= 4 is 23.2 Å². The number of nitrogens with two attached hydrogens (primary N) is 1. The molecular weight excluding hydrogens is 295 g/mol. The molecule has 0 spiro atoms. The van der Waals surface area contributed by atoms with Crippen molar-refractivity contribution in [3.63, 3.8) is 0 Å². The maximum absolute atomic E-state index is 5.96. The predicted molar refractivity (Wildman–Crippen MR) is 87.6 cm³/mol. The zero-order valence-corrected chi connectivity index (χ0v) is 13.4. The third-order valence-electron chi connectivity index (χ3n) is 2.41. The van der Waals surface area contributed by atoms with Crippen molar-refractivity contribution in [3.05, 3.63) is 34.6 Å². The van der Waals surface area contributed by atoms with Gasteiger partial charge in [-0.25, -0.2) is 0 Å². The molecule has 0 aliphatic carbocycles. The number of allylic oxidation sites excluding steroid dienone is 4. The fourth-order valence-electron chi connectivity index (χ4n) is 1.43. The average molecular weight is 317 g/mol. The summed E-state index contributed by atoms with van der Waals surface area (Å²) in [4.78, 5) is 2.11. The smallest absolute Gasteiger partial charge is 0.133 e. The topological polar surface area (TPSA) is 38.5 Å². The van der Waals surface area contributed by atoms with Crippen molar-refractivity contribution in [1.82, 2.24) is 4.90 Å². The van der Waals surface area contributed by atoms with Crippen LogP contribution in [0.5, 0.6) is 0 Å². The van der Waals surface area contributed by atoms with Gasteiger partial charge < -0.3 is 10.5 Å². The number of terminal acetylenes is 1. The SMILES string of the molecule is C#CCN(CCCN)CCOC(/C=C\C(=C)Cl)=C(/C)Cl. The number of halogens is 2. The van der Waals surface area contributed by atoms with Gasteiger partial charge >= 0.3 is 0 Å². The van der Waals surface area contributed by atoms with Gasteiger partial charge in [0, 0.05) is 18.1 Å². The first-order chi connectivity index (χ1) is 9.51. The van der Waals surface area contributed by atoms with Crippen molar-refractivity contribution < 1.29 is 4.74 Å². The van der Waals surface area contributed by atoms with E-state index in [-0.39, 0.29) is 0 Å². The van der Waals surface area contributed by atoms with Crippen LogP contribution < -0.4 is 5.73 Å². The van der Waals surface area contributed by atoms with Crippen molar-refractivity contribution in [2.24, 2.45) is 5.73 Å². The largest absolute Gasteiger partial charge is 0.491 e. The molecule has 0 unspecified atom stereocenters. The molecule has 0 amide bonds. The number of rotatable bonds is 10. The van der Waals surface area contributed by atoms with Crippen LogP contribution in [0, 0.1) is 12.3 Å². The summed E-state index contributed by atoms with van der Waals surface area (Å²) < 4.78 is 5.63. The highest BCUT2D eigenvalue weighted by molar-refractivity contribution is 6.31. The highest BCUT2D eigenvalue weighted by Crippen LogP contribution is 2.13. The van der Waals surface area contributed by atoms with Crippen molar-refractivity contribution in [1.29, 1.82) is 0 Å². The van der Waals surface area contributed by atoms with Crippen LogP contribution in [0.3, 0.4) is 0 Å². The third-order valence-corrected chi connectivity index (χ3v) is 2.73. The molecule has 3 nitrogen and oxygen atoms in total. The Morgan fingerprint density at radius 1 is 1.40 bits per heavy atom. The van der Waals surface area contributed by atoms with Crippen LogP contribution in [0.1, 0.15) is 13.3 Å². The van der Waals surface area contributed by atoms with Gasteiger partial charge in [-0.2, -0.15) is 0 Å². The van der Waals surface area contributed by atoms with Gasteiger partial charge in [0.25, 0.3) is 0 Å². The minimum Gasteiger partial charge on any atom is -0.491 e. The van der Waals surface area contributed by atoms with E-state index in [2.05, 4.69) is 17.4 Å². The molecule has 0 aromatic rings. The molecule has 0 rings (SSSR count). The number of ether oxygens (including phenoxy) is 1. The van der Waals surface area contributed by atoms with E-state index in [0.717, 1.165) is 13.0 Å². The van der Waals surface area contributed by atoms with Gasteiger partial charge in [0.15, 0.2) is 0 Å². The summed E-state index contributed by atoms with van der Waals surface area (Å²) in [6.45, 7) is 8.62. The predicted octanol–water partition coefficient (Wildman–Crippen LogP) is 3.07. The zero-order chi connectivity index (χ0) is 15.4. The van der Waals surface area contributed by atoms with Crippen molar-refractivity contribution in [2.75, 3.05) is 32.8 Å². The van der Waals surface area contributed by atoms with E-state index in [1.54, 1.807) is 19.1 Å². The Labute approximate surface area is 132 Å². The van der Waals surface area contributed by atoms with Crippen molar-refractivity contribution in [3.8, 4) is 12.3 Å². The molecule has 0 aliphatic rings. The molecule has 0 aliphatic heterocycles. The van der Waals surface area contributed by atoms with Crippen molar-refractivity contribution in [2.45, 2.75) is 13.3 Å². The molecule has 0 aromatic heterocycles. The molecule has 0 radical (unpaired) electrons. The number of nitrogens with zero attached hydrogens (tertiary/aromatic N) is 1. The van der Waals surface area contributed by atoms with Gasteiger partial charge in [0.1, 0.15) is 12.4 Å². The first kappa shape index (κ1) is 19.1. The normalized spacial score (nSPS) is 12.4. The Balaban J connectivity index is 4.31. The van der Waals surface area contributed by atoms with E-state index in [1.165, 1.54) is 0 Å². The lowest BCUT2D eigenvalue weighted by molar-refractivity contribution is 0.171. The Hall–Kier alpha value is -0.920. The lowest BCUT2D eigenvalue weighted by Crippen LogP contribution is -2.30. The van der Waals surface area contributed by atoms with Crippen LogP contribution in [-0.2, 0) is 4.74 Å². The Kier molecular flexibility index (Phi) is 11.3. The molecule has 0 aromatic carbocycles. The maximum atomic E-state index is 5.96. The number of hydrogen-bond donors (Lipinski definition) is 1. The van der Waals surface area contributed by atoms with E-state index in [9.17, 15) is 0 Å². The number of hydrogen-bond acceptors (Lipinski definition) is 3. The van der Waals surface area contributed by atoms with E-state index in [0.29, 0.717) is 42.1 Å². The second-order valence-corrected chi connectivity index (χ2v) is 5.20. The van der Waals surface area contributed by atoms with Crippen LogP contribution in [0.25, 0.3) is 0 Å². The molecule has 2 N–H and O–H groups in total. The van der Waals surface area contributed by atoms with Gasteiger partial charge in [0.05, 0.1) is 11.6 Å².